The molecule has 0 aromatic carbocycles. The van der Waals surface area contributed by atoms with Crippen LogP contribution >= 0.6 is 0 Å². The summed E-state index contributed by atoms with van der Waals surface area (Å²) in [6.07, 6.45) is 2.34. The number of hydrogen-bond donors (Lipinski definition) is 0. The Morgan fingerprint density at radius 2 is 2.11 bits per heavy atom. The maximum atomic E-state index is 12.2. The van der Waals surface area contributed by atoms with Gasteiger partial charge in [-0.3, -0.25) is 4.40 Å². The van der Waals surface area contributed by atoms with Gasteiger partial charge in [0.25, 0.3) is 0 Å². The van der Waals surface area contributed by atoms with E-state index in [0.717, 1.165) is 18.5 Å². The molecular formula is C12H15N3O2S. The van der Waals surface area contributed by atoms with Crippen molar-refractivity contribution in [2.24, 2.45) is 0 Å². The average molecular weight is 265 g/mol. The highest BCUT2D eigenvalue weighted by Gasteiger charge is 2.34. The van der Waals surface area contributed by atoms with Crippen LogP contribution in [0.5, 0.6) is 0 Å². The zero-order chi connectivity index (χ0) is 12.8. The molecule has 1 saturated heterocycles. The second-order valence-corrected chi connectivity index (χ2v) is 7.07. The summed E-state index contributed by atoms with van der Waals surface area (Å²) in [7, 11) is -3.08. The van der Waals surface area contributed by atoms with Gasteiger partial charge in [-0.2, -0.15) is 0 Å². The van der Waals surface area contributed by atoms with E-state index < -0.39 is 15.1 Å². The fourth-order valence-corrected chi connectivity index (χ4v) is 4.47. The summed E-state index contributed by atoms with van der Waals surface area (Å²) in [5, 5.41) is 7.68. The van der Waals surface area contributed by atoms with E-state index in [-0.39, 0.29) is 5.75 Å². The van der Waals surface area contributed by atoms with Crippen molar-refractivity contribution in [1.29, 1.82) is 0 Å². The molecule has 0 spiro atoms. The molecule has 0 amide bonds. The van der Waals surface area contributed by atoms with E-state index >= 15 is 0 Å². The van der Waals surface area contributed by atoms with E-state index in [4.69, 9.17) is 0 Å². The molecular weight excluding hydrogens is 250 g/mol. The van der Waals surface area contributed by atoms with Crippen LogP contribution in [0.3, 0.4) is 0 Å². The topological polar surface area (TPSA) is 64.3 Å². The minimum Gasteiger partial charge on any atom is -0.283 e. The molecule has 3 heterocycles. The van der Waals surface area contributed by atoms with Gasteiger partial charge in [0.1, 0.15) is 5.25 Å². The van der Waals surface area contributed by atoms with Crippen LogP contribution in [0.15, 0.2) is 18.2 Å². The molecule has 2 aromatic rings. The Kier molecular flexibility index (Phi) is 2.62. The van der Waals surface area contributed by atoms with Gasteiger partial charge in [-0.25, -0.2) is 8.42 Å². The molecule has 96 valence electrons. The lowest BCUT2D eigenvalue weighted by molar-refractivity contribution is 0.536. The number of aryl methyl sites for hydroxylation is 1. The molecule has 0 aliphatic carbocycles. The molecule has 0 saturated carbocycles. The molecule has 0 N–H and O–H groups in total. The van der Waals surface area contributed by atoms with Crippen molar-refractivity contribution in [2.75, 3.05) is 5.75 Å². The molecule has 3 rings (SSSR count). The van der Waals surface area contributed by atoms with E-state index in [1.165, 1.54) is 0 Å². The molecule has 1 atom stereocenters. The van der Waals surface area contributed by atoms with Crippen LogP contribution in [0.1, 0.15) is 36.0 Å². The van der Waals surface area contributed by atoms with E-state index in [1.807, 2.05) is 29.5 Å². The maximum absolute atomic E-state index is 12.2. The van der Waals surface area contributed by atoms with Crippen LogP contribution in [0.2, 0.25) is 0 Å². The van der Waals surface area contributed by atoms with Crippen LogP contribution < -0.4 is 0 Å². The standard InChI is InChI=1S/C12H15N3O2S/c1-9-5-4-7-11-13-14-12(15(9)11)10-6-2-3-8-18(10,16)17/h4-5,7,10H,2-3,6,8H2,1H3. The highest BCUT2D eigenvalue weighted by molar-refractivity contribution is 7.91. The van der Waals surface area contributed by atoms with Gasteiger partial charge >= 0.3 is 0 Å². The summed E-state index contributed by atoms with van der Waals surface area (Å²) in [6.45, 7) is 1.94. The van der Waals surface area contributed by atoms with Crippen molar-refractivity contribution in [3.05, 3.63) is 29.7 Å². The highest BCUT2D eigenvalue weighted by Crippen LogP contribution is 2.32. The number of fused-ring (bicyclic) bond motifs is 1. The third-order valence-corrected chi connectivity index (χ3v) is 5.69. The molecule has 1 unspecified atom stereocenters. The zero-order valence-electron chi connectivity index (χ0n) is 10.2. The monoisotopic (exact) mass is 265 g/mol. The van der Waals surface area contributed by atoms with Crippen molar-refractivity contribution < 1.29 is 8.42 Å². The van der Waals surface area contributed by atoms with Crippen molar-refractivity contribution in [1.82, 2.24) is 14.6 Å². The first-order valence-electron chi connectivity index (χ1n) is 6.12. The van der Waals surface area contributed by atoms with Gasteiger partial charge in [0, 0.05) is 5.69 Å². The summed E-state index contributed by atoms with van der Waals surface area (Å²) in [6, 6.07) is 5.69. The molecule has 0 bridgehead atoms. The number of rotatable bonds is 1. The summed E-state index contributed by atoms with van der Waals surface area (Å²) in [4.78, 5) is 0. The number of nitrogens with zero attached hydrogens (tertiary/aromatic N) is 3. The average Bonchev–Trinajstić information content (AvgIpc) is 2.73. The van der Waals surface area contributed by atoms with Gasteiger partial charge in [0.05, 0.1) is 5.75 Å². The second-order valence-electron chi connectivity index (χ2n) is 4.77. The predicted octanol–water partition coefficient (Wildman–Crippen LogP) is 1.68. The normalized spacial score (nSPS) is 23.3. The minimum atomic E-state index is -3.08. The highest BCUT2D eigenvalue weighted by atomic mass is 32.2. The lowest BCUT2D eigenvalue weighted by atomic mass is 10.2. The quantitative estimate of drug-likeness (QED) is 0.787. The molecule has 2 aromatic heterocycles. The molecule has 1 aliphatic rings. The van der Waals surface area contributed by atoms with E-state index in [9.17, 15) is 8.42 Å². The van der Waals surface area contributed by atoms with Gasteiger partial charge in [-0.05, 0) is 31.9 Å². The molecule has 1 fully saturated rings. The number of sulfone groups is 1. The van der Waals surface area contributed by atoms with Gasteiger partial charge in [0.2, 0.25) is 0 Å². The van der Waals surface area contributed by atoms with Crippen molar-refractivity contribution in [3.8, 4) is 0 Å². The molecule has 1 aliphatic heterocycles. The first-order chi connectivity index (χ1) is 8.59. The Hall–Kier alpha value is -1.43. The van der Waals surface area contributed by atoms with Crippen LogP contribution in [-0.4, -0.2) is 28.8 Å². The summed E-state index contributed by atoms with van der Waals surface area (Å²) >= 11 is 0. The zero-order valence-corrected chi connectivity index (χ0v) is 11.0. The summed E-state index contributed by atoms with van der Waals surface area (Å²) < 4.78 is 26.2. The van der Waals surface area contributed by atoms with Gasteiger partial charge in [0.15, 0.2) is 21.3 Å². The fraction of sp³-hybridized carbons (Fsp3) is 0.500. The van der Waals surface area contributed by atoms with Crippen molar-refractivity contribution in [2.45, 2.75) is 31.4 Å². The van der Waals surface area contributed by atoms with Crippen LogP contribution in [0.25, 0.3) is 5.65 Å². The van der Waals surface area contributed by atoms with Gasteiger partial charge in [-0.1, -0.05) is 12.5 Å². The first-order valence-corrected chi connectivity index (χ1v) is 7.83. The number of hydrogen-bond acceptors (Lipinski definition) is 4. The Bertz CT molecular complexity index is 690. The first kappa shape index (κ1) is 11.6. The summed E-state index contributed by atoms with van der Waals surface area (Å²) in [5.41, 5.74) is 1.68. The molecule has 5 nitrogen and oxygen atoms in total. The van der Waals surface area contributed by atoms with Crippen molar-refractivity contribution in [3.63, 3.8) is 0 Å². The largest absolute Gasteiger partial charge is 0.283 e. The Balaban J connectivity index is 2.20. The van der Waals surface area contributed by atoms with Gasteiger partial charge < -0.3 is 0 Å². The second kappa shape index (κ2) is 4.05. The lowest BCUT2D eigenvalue weighted by Gasteiger charge is -2.21. The van der Waals surface area contributed by atoms with E-state index in [0.29, 0.717) is 17.9 Å². The Labute approximate surface area is 106 Å². The van der Waals surface area contributed by atoms with E-state index in [2.05, 4.69) is 10.2 Å². The molecule has 6 heteroatoms. The Morgan fingerprint density at radius 3 is 2.89 bits per heavy atom. The predicted molar refractivity (Wildman–Crippen MR) is 68.1 cm³/mol. The Morgan fingerprint density at radius 1 is 1.28 bits per heavy atom. The van der Waals surface area contributed by atoms with Crippen molar-refractivity contribution >= 4 is 15.5 Å². The van der Waals surface area contributed by atoms with Crippen LogP contribution in [0.4, 0.5) is 0 Å². The third kappa shape index (κ3) is 1.71. The van der Waals surface area contributed by atoms with Crippen LogP contribution in [0, 0.1) is 6.92 Å². The fourth-order valence-electron chi connectivity index (χ4n) is 2.58. The third-order valence-electron chi connectivity index (χ3n) is 3.52. The molecule has 18 heavy (non-hydrogen) atoms. The lowest BCUT2D eigenvalue weighted by Crippen LogP contribution is -2.23. The SMILES string of the molecule is Cc1cccc2nnc(C3CCCCS3(=O)=O)n12. The van der Waals surface area contributed by atoms with E-state index in [1.54, 1.807) is 0 Å². The number of aromatic nitrogens is 3. The summed E-state index contributed by atoms with van der Waals surface area (Å²) in [5.74, 6) is 0.834. The smallest absolute Gasteiger partial charge is 0.161 e. The molecule has 0 radical (unpaired) electrons. The minimum absolute atomic E-state index is 0.262. The van der Waals surface area contributed by atoms with Gasteiger partial charge in [-0.15, -0.1) is 10.2 Å². The maximum Gasteiger partial charge on any atom is 0.161 e. The van der Waals surface area contributed by atoms with Crippen LogP contribution in [-0.2, 0) is 9.84 Å². The number of pyridine rings is 1.